The lowest BCUT2D eigenvalue weighted by molar-refractivity contribution is 0.0601. The van der Waals surface area contributed by atoms with Crippen LogP contribution in [0, 0.1) is 6.92 Å². The quantitative estimate of drug-likeness (QED) is 0.487. The van der Waals surface area contributed by atoms with Gasteiger partial charge in [0.05, 0.1) is 18.4 Å². The Morgan fingerprint density at radius 3 is 2.62 bits per heavy atom. The first-order valence-corrected chi connectivity index (χ1v) is 11.5. The zero-order chi connectivity index (χ0) is 23.0. The minimum atomic E-state index is -4.24. The Morgan fingerprint density at radius 1 is 1.25 bits per heavy atom. The largest absolute Gasteiger partial charge is 0.465 e. The predicted octanol–water partition coefficient (Wildman–Crippen LogP) is 3.27. The Labute approximate surface area is 190 Å². The Balaban J connectivity index is 1.65. The molecule has 1 amide bonds. The van der Waals surface area contributed by atoms with Crippen LogP contribution in [0.15, 0.2) is 33.0 Å². The first-order chi connectivity index (χ1) is 15.2. The highest BCUT2D eigenvalue weighted by molar-refractivity contribution is 7.93. The summed E-state index contributed by atoms with van der Waals surface area (Å²) in [5, 5.41) is 7.54. The van der Waals surface area contributed by atoms with Gasteiger partial charge in [-0.25, -0.2) is 17.9 Å². The number of hydrogen-bond acceptors (Lipinski definition) is 10. The highest BCUT2D eigenvalue weighted by atomic mass is 35.5. The number of halogens is 1. The van der Waals surface area contributed by atoms with Crippen molar-refractivity contribution < 1.29 is 36.7 Å². The number of nitrogens with one attached hydrogen (secondary N) is 2. The number of carbonyl (C=O) groups is 2. The maximum Gasteiger partial charge on any atom is 0.340 e. The summed E-state index contributed by atoms with van der Waals surface area (Å²) in [4.78, 5) is 24.7. The number of nitrogens with zero attached hydrogens (tertiary/aromatic N) is 1. The summed E-state index contributed by atoms with van der Waals surface area (Å²) in [6, 6.07) is 4.01. The molecule has 0 bridgehead atoms. The molecular formula is C18H14ClN3O8S2. The van der Waals surface area contributed by atoms with Crippen LogP contribution in [-0.4, -0.2) is 39.4 Å². The van der Waals surface area contributed by atoms with Crippen molar-refractivity contribution in [3.63, 3.8) is 0 Å². The van der Waals surface area contributed by atoms with Crippen molar-refractivity contribution >= 4 is 56.4 Å². The highest BCUT2D eigenvalue weighted by Crippen LogP contribution is 2.38. The summed E-state index contributed by atoms with van der Waals surface area (Å²) in [7, 11) is -3.06. The van der Waals surface area contributed by atoms with Crippen molar-refractivity contribution in [3.8, 4) is 11.5 Å². The van der Waals surface area contributed by atoms with Gasteiger partial charge in [0.25, 0.3) is 21.8 Å². The molecule has 0 atom stereocenters. The van der Waals surface area contributed by atoms with E-state index in [1.54, 1.807) is 0 Å². The number of hydrogen-bond donors (Lipinski definition) is 2. The normalized spacial score (nSPS) is 12.5. The molecule has 3 heterocycles. The van der Waals surface area contributed by atoms with Crippen molar-refractivity contribution in [2.45, 2.75) is 11.8 Å². The number of benzene rings is 1. The average Bonchev–Trinajstić information content (AvgIpc) is 3.49. The summed E-state index contributed by atoms with van der Waals surface area (Å²) in [6.45, 7) is 1.49. The smallest absolute Gasteiger partial charge is 0.340 e. The molecule has 2 N–H and O–H groups in total. The van der Waals surface area contributed by atoms with Crippen LogP contribution in [0.2, 0.25) is 5.02 Å². The molecule has 1 aromatic carbocycles. The van der Waals surface area contributed by atoms with Crippen molar-refractivity contribution in [1.82, 2.24) is 5.16 Å². The Bertz CT molecular complexity index is 1330. The summed E-state index contributed by atoms with van der Waals surface area (Å²) < 4.78 is 48.0. The van der Waals surface area contributed by atoms with Gasteiger partial charge in [0, 0.05) is 12.1 Å². The van der Waals surface area contributed by atoms with E-state index in [-0.39, 0.29) is 38.7 Å². The number of methoxy groups -OCH3 is 1. The number of sulfonamides is 1. The third-order valence-corrected chi connectivity index (χ3v) is 7.17. The van der Waals surface area contributed by atoms with Gasteiger partial charge in [-0.15, -0.1) is 11.3 Å². The van der Waals surface area contributed by atoms with Crippen LogP contribution in [0.1, 0.15) is 25.7 Å². The molecular weight excluding hydrogens is 486 g/mol. The zero-order valence-corrected chi connectivity index (χ0v) is 18.8. The number of rotatable bonds is 6. The topological polar surface area (TPSA) is 146 Å². The van der Waals surface area contributed by atoms with Gasteiger partial charge >= 0.3 is 5.97 Å². The van der Waals surface area contributed by atoms with Crippen LogP contribution in [0.4, 0.5) is 11.6 Å². The molecule has 32 heavy (non-hydrogen) atoms. The monoisotopic (exact) mass is 499 g/mol. The van der Waals surface area contributed by atoms with Gasteiger partial charge in [0.2, 0.25) is 6.79 Å². The SMILES string of the molecule is COC(=O)c1cc2c(cc1NC(=O)c1sccc1S(=O)(=O)Nc1onc(C)c1Cl)OCO2. The van der Waals surface area contributed by atoms with Crippen LogP contribution in [0.5, 0.6) is 11.5 Å². The summed E-state index contributed by atoms with van der Waals surface area (Å²) in [5.41, 5.74) is 0.364. The molecule has 4 rings (SSSR count). The Kier molecular flexibility index (Phi) is 5.71. The van der Waals surface area contributed by atoms with Crippen molar-refractivity contribution in [2.24, 2.45) is 0 Å². The number of amides is 1. The third-order valence-electron chi connectivity index (χ3n) is 4.31. The summed E-state index contributed by atoms with van der Waals surface area (Å²) in [5.74, 6) is -1.15. The molecule has 14 heteroatoms. The van der Waals surface area contributed by atoms with E-state index in [1.165, 1.54) is 37.6 Å². The van der Waals surface area contributed by atoms with E-state index in [9.17, 15) is 18.0 Å². The number of anilines is 2. The number of thiophene rings is 1. The standard InChI is InChI=1S/C18H14ClN3O8S2/c1-8-14(19)17(30-21-8)22-32(25,26)13-3-4-31-15(13)16(23)20-10-6-12-11(28-7-29-12)5-9(10)18(24)27-2/h3-6,22H,7H2,1-2H3,(H,20,23). The summed E-state index contributed by atoms with van der Waals surface area (Å²) >= 11 is 6.85. The van der Waals surface area contributed by atoms with E-state index in [4.69, 9.17) is 30.3 Å². The second-order valence-corrected chi connectivity index (χ2v) is 9.27. The average molecular weight is 500 g/mol. The fourth-order valence-corrected chi connectivity index (χ4v) is 5.27. The molecule has 0 spiro atoms. The van der Waals surface area contributed by atoms with Gasteiger partial charge in [-0.1, -0.05) is 16.8 Å². The number of aryl methyl sites for hydroxylation is 1. The number of fused-ring (bicyclic) bond motifs is 1. The van der Waals surface area contributed by atoms with Crippen LogP contribution in [-0.2, 0) is 14.8 Å². The van der Waals surface area contributed by atoms with E-state index < -0.39 is 21.9 Å². The van der Waals surface area contributed by atoms with Gasteiger partial charge in [0.15, 0.2) is 11.5 Å². The number of aromatic nitrogens is 1. The maximum absolute atomic E-state index is 13.0. The van der Waals surface area contributed by atoms with Gasteiger partial charge in [0.1, 0.15) is 20.5 Å². The van der Waals surface area contributed by atoms with Gasteiger partial charge in [-0.2, -0.15) is 0 Å². The highest BCUT2D eigenvalue weighted by Gasteiger charge is 2.28. The number of carbonyl (C=O) groups excluding carboxylic acids is 2. The van der Waals surface area contributed by atoms with E-state index >= 15 is 0 Å². The minimum absolute atomic E-state index is 0.00196. The van der Waals surface area contributed by atoms with E-state index in [1.807, 2.05) is 0 Å². The zero-order valence-electron chi connectivity index (χ0n) is 16.4. The lowest BCUT2D eigenvalue weighted by Gasteiger charge is -2.11. The van der Waals surface area contributed by atoms with Crippen molar-refractivity contribution in [2.75, 3.05) is 23.9 Å². The second kappa shape index (κ2) is 8.33. The van der Waals surface area contributed by atoms with Crippen LogP contribution in [0.25, 0.3) is 0 Å². The molecule has 2 aromatic heterocycles. The van der Waals surface area contributed by atoms with Crippen LogP contribution >= 0.6 is 22.9 Å². The van der Waals surface area contributed by atoms with Gasteiger partial charge in [-0.05, 0) is 18.4 Å². The van der Waals surface area contributed by atoms with E-state index in [2.05, 4.69) is 15.2 Å². The fourth-order valence-electron chi connectivity index (χ4n) is 2.78. The van der Waals surface area contributed by atoms with Crippen molar-refractivity contribution in [3.05, 3.63) is 44.7 Å². The van der Waals surface area contributed by atoms with Crippen LogP contribution in [0.3, 0.4) is 0 Å². The molecule has 0 unspecified atom stereocenters. The molecule has 0 fully saturated rings. The minimum Gasteiger partial charge on any atom is -0.465 e. The van der Waals surface area contributed by atoms with Gasteiger partial charge in [-0.3, -0.25) is 4.79 Å². The number of esters is 1. The molecule has 0 saturated heterocycles. The lowest BCUT2D eigenvalue weighted by atomic mass is 10.1. The fraction of sp³-hybridized carbons (Fsp3) is 0.167. The number of ether oxygens (including phenoxy) is 3. The molecule has 1 aliphatic heterocycles. The molecule has 0 aliphatic carbocycles. The first kappa shape index (κ1) is 21.9. The Hall–Kier alpha value is -3.29. The molecule has 1 aliphatic rings. The molecule has 168 valence electrons. The first-order valence-electron chi connectivity index (χ1n) is 8.76. The van der Waals surface area contributed by atoms with Crippen LogP contribution < -0.4 is 19.5 Å². The molecule has 11 nitrogen and oxygen atoms in total. The molecule has 0 saturated carbocycles. The summed E-state index contributed by atoms with van der Waals surface area (Å²) in [6.07, 6.45) is 0. The molecule has 3 aromatic rings. The second-order valence-electron chi connectivity index (χ2n) is 6.33. The lowest BCUT2D eigenvalue weighted by Crippen LogP contribution is -2.19. The maximum atomic E-state index is 13.0. The van der Waals surface area contributed by atoms with Gasteiger partial charge < -0.3 is 24.1 Å². The van der Waals surface area contributed by atoms with Crippen molar-refractivity contribution in [1.29, 1.82) is 0 Å². The predicted molar refractivity (Wildman–Crippen MR) is 113 cm³/mol. The van der Waals surface area contributed by atoms with E-state index in [0.717, 1.165) is 11.3 Å². The Morgan fingerprint density at radius 2 is 1.97 bits per heavy atom. The van der Waals surface area contributed by atoms with E-state index in [0.29, 0.717) is 17.2 Å². The molecule has 0 radical (unpaired) electrons. The third kappa shape index (κ3) is 3.97.